The normalized spacial score (nSPS) is 13.9. The van der Waals surface area contributed by atoms with Gasteiger partial charge < -0.3 is 15.4 Å². The van der Waals surface area contributed by atoms with Gasteiger partial charge in [-0.2, -0.15) is 0 Å². The summed E-state index contributed by atoms with van der Waals surface area (Å²) in [5.74, 6) is -0.298. The molecule has 27 heavy (non-hydrogen) atoms. The highest BCUT2D eigenvalue weighted by Gasteiger charge is 2.20. The van der Waals surface area contributed by atoms with E-state index in [1.807, 2.05) is 18.2 Å². The van der Waals surface area contributed by atoms with Crippen molar-refractivity contribution >= 4 is 17.4 Å². The average molecular weight is 367 g/mol. The number of benzene rings is 1. The van der Waals surface area contributed by atoms with Crippen molar-refractivity contribution in [2.24, 2.45) is 0 Å². The molecule has 1 aromatic carbocycles. The van der Waals surface area contributed by atoms with Crippen molar-refractivity contribution in [2.45, 2.75) is 32.7 Å². The van der Waals surface area contributed by atoms with Crippen molar-refractivity contribution in [3.8, 4) is 11.1 Å². The van der Waals surface area contributed by atoms with Gasteiger partial charge in [0.05, 0.1) is 31.5 Å². The Labute approximate surface area is 159 Å². The second kappa shape index (κ2) is 8.88. The van der Waals surface area contributed by atoms with Crippen molar-refractivity contribution in [1.29, 1.82) is 0 Å². The van der Waals surface area contributed by atoms with Gasteiger partial charge >= 0.3 is 0 Å². The molecule has 0 radical (unpaired) electrons. The highest BCUT2D eigenvalue weighted by Crippen LogP contribution is 2.26. The van der Waals surface area contributed by atoms with Crippen molar-refractivity contribution in [1.82, 2.24) is 10.3 Å². The molecular weight excluding hydrogens is 342 g/mol. The second-order valence-corrected chi connectivity index (χ2v) is 6.61. The van der Waals surface area contributed by atoms with Crippen LogP contribution in [0.1, 0.15) is 36.3 Å². The molecule has 0 aliphatic carbocycles. The molecule has 1 aliphatic rings. The summed E-state index contributed by atoms with van der Waals surface area (Å²) < 4.78 is 5.09. The van der Waals surface area contributed by atoms with Gasteiger partial charge in [-0.15, -0.1) is 0 Å². The van der Waals surface area contributed by atoms with Gasteiger partial charge in [0.15, 0.2) is 5.78 Å². The maximum atomic E-state index is 12.3. The van der Waals surface area contributed by atoms with Crippen LogP contribution >= 0.6 is 0 Å². The summed E-state index contributed by atoms with van der Waals surface area (Å²) in [6.45, 7) is 5.30. The third kappa shape index (κ3) is 4.78. The first kappa shape index (κ1) is 19.2. The lowest BCUT2D eigenvalue weighted by atomic mass is 10.0. The number of rotatable bonds is 8. The van der Waals surface area contributed by atoms with E-state index in [0.29, 0.717) is 31.0 Å². The number of ketones is 1. The summed E-state index contributed by atoms with van der Waals surface area (Å²) in [5, 5.41) is 5.96. The number of hydrogen-bond acceptors (Lipinski definition) is 5. The smallest absolute Gasteiger partial charge is 0.238 e. The van der Waals surface area contributed by atoms with Gasteiger partial charge in [0.1, 0.15) is 5.69 Å². The van der Waals surface area contributed by atoms with E-state index in [-0.39, 0.29) is 24.3 Å². The van der Waals surface area contributed by atoms with E-state index in [1.165, 1.54) is 5.56 Å². The fourth-order valence-corrected chi connectivity index (χ4v) is 2.86. The van der Waals surface area contributed by atoms with Crippen LogP contribution in [-0.4, -0.2) is 42.5 Å². The quantitative estimate of drug-likeness (QED) is 0.701. The fraction of sp³-hybridized carbons (Fsp3) is 0.381. The third-order valence-corrected chi connectivity index (χ3v) is 4.60. The summed E-state index contributed by atoms with van der Waals surface area (Å²) in [6.07, 6.45) is 2.96. The SMILES string of the molecule is CCC(=O)c1ncc(-c2cccc(CC)c2)cc1NC(=O)CNC1COC1. The first-order valence-corrected chi connectivity index (χ1v) is 9.34. The molecule has 1 aliphatic heterocycles. The van der Waals surface area contributed by atoms with Gasteiger partial charge in [0, 0.05) is 18.2 Å². The highest BCUT2D eigenvalue weighted by atomic mass is 16.5. The lowest BCUT2D eigenvalue weighted by Crippen LogP contribution is -2.48. The van der Waals surface area contributed by atoms with Crippen molar-refractivity contribution < 1.29 is 14.3 Å². The van der Waals surface area contributed by atoms with Gasteiger partial charge in [-0.3, -0.25) is 14.6 Å². The Balaban J connectivity index is 1.83. The van der Waals surface area contributed by atoms with Crippen LogP contribution in [0.4, 0.5) is 5.69 Å². The van der Waals surface area contributed by atoms with Crippen LogP contribution in [0.5, 0.6) is 0 Å². The molecule has 6 heteroatoms. The van der Waals surface area contributed by atoms with Gasteiger partial charge in [0.25, 0.3) is 0 Å². The summed E-state index contributed by atoms with van der Waals surface area (Å²) in [6, 6.07) is 10.2. The molecule has 2 N–H and O–H groups in total. The Morgan fingerprint density at radius 1 is 1.19 bits per heavy atom. The number of nitrogens with zero attached hydrogens (tertiary/aromatic N) is 1. The molecule has 1 amide bonds. The van der Waals surface area contributed by atoms with Gasteiger partial charge in [-0.25, -0.2) is 0 Å². The Bertz CT molecular complexity index is 831. The number of amides is 1. The number of carbonyl (C=O) groups is 2. The number of Topliss-reactive ketones (excluding diaryl/α,β-unsaturated/α-hetero) is 1. The van der Waals surface area contributed by atoms with Crippen LogP contribution < -0.4 is 10.6 Å². The summed E-state index contributed by atoms with van der Waals surface area (Å²) in [5.41, 5.74) is 3.86. The second-order valence-electron chi connectivity index (χ2n) is 6.61. The number of aromatic nitrogens is 1. The Morgan fingerprint density at radius 3 is 2.67 bits per heavy atom. The molecule has 0 spiro atoms. The molecule has 3 rings (SSSR count). The maximum Gasteiger partial charge on any atom is 0.238 e. The monoisotopic (exact) mass is 367 g/mol. The van der Waals surface area contributed by atoms with Crippen LogP contribution in [-0.2, 0) is 16.0 Å². The lowest BCUT2D eigenvalue weighted by Gasteiger charge is -2.26. The maximum absolute atomic E-state index is 12.3. The number of ether oxygens (including phenoxy) is 1. The third-order valence-electron chi connectivity index (χ3n) is 4.60. The number of nitrogens with one attached hydrogen (secondary N) is 2. The number of anilines is 1. The van der Waals surface area contributed by atoms with Crippen LogP contribution in [0.2, 0.25) is 0 Å². The topological polar surface area (TPSA) is 80.3 Å². The Hall–Kier alpha value is -2.57. The van der Waals surface area contributed by atoms with E-state index in [0.717, 1.165) is 17.5 Å². The zero-order valence-electron chi connectivity index (χ0n) is 15.7. The van der Waals surface area contributed by atoms with E-state index in [4.69, 9.17) is 4.74 Å². The molecule has 1 aromatic heterocycles. The molecule has 1 fully saturated rings. The molecule has 2 aromatic rings. The summed E-state index contributed by atoms with van der Waals surface area (Å²) in [4.78, 5) is 28.9. The van der Waals surface area contributed by atoms with Gasteiger partial charge in [0.2, 0.25) is 5.91 Å². The van der Waals surface area contributed by atoms with Crippen LogP contribution in [0.25, 0.3) is 11.1 Å². The molecule has 0 saturated carbocycles. The van der Waals surface area contributed by atoms with Crippen molar-refractivity contribution in [2.75, 3.05) is 25.1 Å². The van der Waals surface area contributed by atoms with Crippen molar-refractivity contribution in [3.63, 3.8) is 0 Å². The fourth-order valence-electron chi connectivity index (χ4n) is 2.86. The van der Waals surface area contributed by atoms with Gasteiger partial charge in [-0.05, 0) is 23.6 Å². The molecule has 2 heterocycles. The van der Waals surface area contributed by atoms with E-state index in [1.54, 1.807) is 13.1 Å². The number of pyridine rings is 1. The minimum Gasteiger partial charge on any atom is -0.378 e. The molecule has 1 saturated heterocycles. The highest BCUT2D eigenvalue weighted by molar-refractivity contribution is 6.04. The van der Waals surface area contributed by atoms with Crippen molar-refractivity contribution in [3.05, 3.63) is 47.8 Å². The zero-order valence-corrected chi connectivity index (χ0v) is 15.7. The number of carbonyl (C=O) groups excluding carboxylic acids is 2. The predicted octanol–water partition coefficient (Wildman–Crippen LogP) is 2.83. The van der Waals surface area contributed by atoms with Gasteiger partial charge in [-0.1, -0.05) is 38.1 Å². The molecule has 0 unspecified atom stereocenters. The molecular formula is C21H25N3O3. The average Bonchev–Trinajstić information content (AvgIpc) is 2.66. The summed E-state index contributed by atoms with van der Waals surface area (Å²) in [7, 11) is 0. The predicted molar refractivity (Wildman–Crippen MR) is 105 cm³/mol. The molecule has 0 atom stereocenters. The minimum absolute atomic E-state index is 0.0977. The van der Waals surface area contributed by atoms with E-state index >= 15 is 0 Å². The van der Waals surface area contributed by atoms with E-state index in [2.05, 4.69) is 34.7 Å². The molecule has 0 bridgehead atoms. The Morgan fingerprint density at radius 2 is 2.00 bits per heavy atom. The Kier molecular flexibility index (Phi) is 6.32. The lowest BCUT2D eigenvalue weighted by molar-refractivity contribution is -0.116. The zero-order chi connectivity index (χ0) is 19.2. The molecule has 142 valence electrons. The van der Waals surface area contributed by atoms with Crippen LogP contribution in [0.15, 0.2) is 36.5 Å². The minimum atomic E-state index is -0.201. The van der Waals surface area contributed by atoms with E-state index < -0.39 is 0 Å². The molecule has 6 nitrogen and oxygen atoms in total. The van der Waals surface area contributed by atoms with Crippen LogP contribution in [0.3, 0.4) is 0 Å². The standard InChI is InChI=1S/C21H25N3O3/c1-3-14-6-5-7-15(8-14)16-9-18(21(23-10-16)19(25)4-2)24-20(26)11-22-17-12-27-13-17/h5-10,17,22H,3-4,11-13H2,1-2H3,(H,24,26). The summed E-state index contributed by atoms with van der Waals surface area (Å²) >= 11 is 0. The number of aryl methyl sites for hydroxylation is 1. The first-order valence-electron chi connectivity index (χ1n) is 9.34. The first-order chi connectivity index (χ1) is 13.1. The largest absolute Gasteiger partial charge is 0.378 e. The number of hydrogen-bond donors (Lipinski definition) is 2. The van der Waals surface area contributed by atoms with E-state index in [9.17, 15) is 9.59 Å². The van der Waals surface area contributed by atoms with Crippen LogP contribution in [0, 0.1) is 0 Å².